The highest BCUT2D eigenvalue weighted by Gasteiger charge is 2.24. The van der Waals surface area contributed by atoms with Crippen LogP contribution in [0.15, 0.2) is 6.20 Å². The predicted molar refractivity (Wildman–Crippen MR) is 62.7 cm³/mol. The van der Waals surface area contributed by atoms with Crippen molar-refractivity contribution in [2.75, 3.05) is 11.4 Å². The standard InChI is InChI=1S/C11H16N2OS/c1-8-3-4-13(9(2)5-8)11-12-6-10(7-14)15-11/h6-9H,3-5H2,1-2H3. The molecular formula is C11H16N2OS. The average Bonchev–Trinajstić information content (AvgIpc) is 2.66. The highest BCUT2D eigenvalue weighted by atomic mass is 32.1. The lowest BCUT2D eigenvalue weighted by Crippen LogP contribution is -2.40. The Balaban J connectivity index is 2.12. The van der Waals surface area contributed by atoms with E-state index in [1.165, 1.54) is 24.2 Å². The van der Waals surface area contributed by atoms with Crippen LogP contribution in [-0.4, -0.2) is 23.9 Å². The maximum Gasteiger partial charge on any atom is 0.186 e. The largest absolute Gasteiger partial charge is 0.345 e. The Kier molecular flexibility index (Phi) is 3.05. The molecule has 15 heavy (non-hydrogen) atoms. The van der Waals surface area contributed by atoms with E-state index in [0.29, 0.717) is 6.04 Å². The molecular weight excluding hydrogens is 208 g/mol. The molecule has 4 heteroatoms. The number of piperidine rings is 1. The summed E-state index contributed by atoms with van der Waals surface area (Å²) in [6.07, 6.45) is 4.98. The predicted octanol–water partition coefficient (Wildman–Crippen LogP) is 2.58. The molecule has 0 radical (unpaired) electrons. The topological polar surface area (TPSA) is 33.2 Å². The summed E-state index contributed by atoms with van der Waals surface area (Å²) < 4.78 is 0. The summed E-state index contributed by atoms with van der Waals surface area (Å²) in [6, 6.07) is 0.541. The number of hydrogen-bond acceptors (Lipinski definition) is 4. The summed E-state index contributed by atoms with van der Waals surface area (Å²) in [6.45, 7) is 5.60. The van der Waals surface area contributed by atoms with Gasteiger partial charge in [0.15, 0.2) is 11.4 Å². The van der Waals surface area contributed by atoms with Crippen LogP contribution in [0.5, 0.6) is 0 Å². The van der Waals surface area contributed by atoms with Crippen molar-refractivity contribution >= 4 is 22.8 Å². The van der Waals surface area contributed by atoms with Gasteiger partial charge >= 0.3 is 0 Å². The Morgan fingerprint density at radius 3 is 3.00 bits per heavy atom. The second kappa shape index (κ2) is 4.31. The molecule has 0 bridgehead atoms. The van der Waals surface area contributed by atoms with Gasteiger partial charge in [0.25, 0.3) is 0 Å². The van der Waals surface area contributed by atoms with Crippen molar-refractivity contribution < 1.29 is 4.79 Å². The monoisotopic (exact) mass is 224 g/mol. The molecule has 0 spiro atoms. The highest BCUT2D eigenvalue weighted by molar-refractivity contribution is 7.17. The normalized spacial score (nSPS) is 26.7. The van der Waals surface area contributed by atoms with Gasteiger partial charge in [0.05, 0.1) is 11.1 Å². The zero-order chi connectivity index (χ0) is 10.8. The highest BCUT2D eigenvalue weighted by Crippen LogP contribution is 2.30. The van der Waals surface area contributed by atoms with Gasteiger partial charge in [-0.3, -0.25) is 4.79 Å². The van der Waals surface area contributed by atoms with Crippen molar-refractivity contribution in [3.63, 3.8) is 0 Å². The van der Waals surface area contributed by atoms with E-state index in [4.69, 9.17) is 0 Å². The minimum Gasteiger partial charge on any atom is -0.345 e. The van der Waals surface area contributed by atoms with Crippen molar-refractivity contribution in [2.24, 2.45) is 5.92 Å². The Morgan fingerprint density at radius 2 is 2.40 bits per heavy atom. The summed E-state index contributed by atoms with van der Waals surface area (Å²) >= 11 is 1.49. The van der Waals surface area contributed by atoms with Crippen molar-refractivity contribution in [2.45, 2.75) is 32.7 Å². The first kappa shape index (κ1) is 10.6. The quantitative estimate of drug-likeness (QED) is 0.724. The lowest BCUT2D eigenvalue weighted by Gasteiger charge is -2.36. The summed E-state index contributed by atoms with van der Waals surface area (Å²) in [5.74, 6) is 0.807. The van der Waals surface area contributed by atoms with Crippen LogP contribution in [0.1, 0.15) is 36.4 Å². The third-order valence-electron chi connectivity index (χ3n) is 3.01. The van der Waals surface area contributed by atoms with Gasteiger partial charge in [-0.2, -0.15) is 0 Å². The van der Waals surface area contributed by atoms with Gasteiger partial charge in [0, 0.05) is 12.6 Å². The Bertz CT molecular complexity index is 350. The first-order valence-corrected chi connectivity index (χ1v) is 6.20. The Morgan fingerprint density at radius 1 is 1.60 bits per heavy atom. The molecule has 3 nitrogen and oxygen atoms in total. The van der Waals surface area contributed by atoms with Crippen molar-refractivity contribution in [1.29, 1.82) is 0 Å². The maximum atomic E-state index is 10.6. The number of carbonyl (C=O) groups is 1. The van der Waals surface area contributed by atoms with E-state index >= 15 is 0 Å². The molecule has 2 rings (SSSR count). The van der Waals surface area contributed by atoms with Crippen molar-refractivity contribution in [3.8, 4) is 0 Å². The lowest BCUT2D eigenvalue weighted by molar-refractivity contribution is 0.112. The molecule has 1 aliphatic heterocycles. The van der Waals surface area contributed by atoms with Crippen LogP contribution in [0.3, 0.4) is 0 Å². The van der Waals surface area contributed by atoms with Gasteiger partial charge in [-0.25, -0.2) is 4.98 Å². The van der Waals surface area contributed by atoms with E-state index in [-0.39, 0.29) is 0 Å². The van der Waals surface area contributed by atoms with Gasteiger partial charge in [0.1, 0.15) is 0 Å². The second-order valence-corrected chi connectivity index (χ2v) is 5.38. The second-order valence-electron chi connectivity index (χ2n) is 4.34. The summed E-state index contributed by atoms with van der Waals surface area (Å²) in [4.78, 5) is 17.9. The van der Waals surface area contributed by atoms with Crippen LogP contribution >= 0.6 is 11.3 Å². The van der Waals surface area contributed by atoms with Crippen LogP contribution in [0.2, 0.25) is 0 Å². The van der Waals surface area contributed by atoms with E-state index in [0.717, 1.165) is 28.8 Å². The molecule has 0 aliphatic carbocycles. The Labute approximate surface area is 94.1 Å². The number of aldehydes is 1. The number of rotatable bonds is 2. The van der Waals surface area contributed by atoms with Crippen LogP contribution in [0.25, 0.3) is 0 Å². The number of nitrogens with zero attached hydrogens (tertiary/aromatic N) is 2. The van der Waals surface area contributed by atoms with Crippen LogP contribution < -0.4 is 4.90 Å². The molecule has 1 aromatic rings. The molecule has 0 N–H and O–H groups in total. The fourth-order valence-corrected chi connectivity index (χ4v) is 3.01. The molecule has 1 saturated heterocycles. The molecule has 0 saturated carbocycles. The number of hydrogen-bond donors (Lipinski definition) is 0. The summed E-state index contributed by atoms with van der Waals surface area (Å²) in [5.41, 5.74) is 0. The molecule has 1 fully saturated rings. The number of carbonyl (C=O) groups excluding carboxylic acids is 1. The fraction of sp³-hybridized carbons (Fsp3) is 0.636. The number of anilines is 1. The molecule has 1 aliphatic rings. The van der Waals surface area contributed by atoms with E-state index in [1.54, 1.807) is 6.20 Å². The number of thiazole rings is 1. The van der Waals surface area contributed by atoms with Gasteiger partial charge < -0.3 is 4.90 Å². The minimum absolute atomic E-state index is 0.541. The zero-order valence-electron chi connectivity index (χ0n) is 9.14. The summed E-state index contributed by atoms with van der Waals surface area (Å²) in [5, 5.41) is 0.997. The molecule has 82 valence electrons. The SMILES string of the molecule is CC1CCN(c2ncc(C=O)s2)C(C)C1. The summed E-state index contributed by atoms with van der Waals surface area (Å²) in [7, 11) is 0. The maximum absolute atomic E-state index is 10.6. The smallest absolute Gasteiger partial charge is 0.186 e. The zero-order valence-corrected chi connectivity index (χ0v) is 9.96. The molecule has 1 aromatic heterocycles. The van der Waals surface area contributed by atoms with Crippen LogP contribution in [0.4, 0.5) is 5.13 Å². The average molecular weight is 224 g/mol. The number of aromatic nitrogens is 1. The molecule has 2 atom stereocenters. The van der Waals surface area contributed by atoms with Crippen molar-refractivity contribution in [3.05, 3.63) is 11.1 Å². The van der Waals surface area contributed by atoms with Crippen LogP contribution in [0, 0.1) is 5.92 Å². The van der Waals surface area contributed by atoms with Gasteiger partial charge in [-0.1, -0.05) is 18.3 Å². The molecule has 0 amide bonds. The minimum atomic E-state index is 0.541. The molecule has 0 aromatic carbocycles. The van der Waals surface area contributed by atoms with Gasteiger partial charge in [-0.05, 0) is 25.7 Å². The Hall–Kier alpha value is -0.900. The van der Waals surface area contributed by atoms with Gasteiger partial charge in [-0.15, -0.1) is 0 Å². The van der Waals surface area contributed by atoms with E-state index < -0.39 is 0 Å². The van der Waals surface area contributed by atoms with Crippen LogP contribution in [-0.2, 0) is 0 Å². The lowest BCUT2D eigenvalue weighted by atomic mass is 9.94. The third-order valence-corrected chi connectivity index (χ3v) is 3.97. The van der Waals surface area contributed by atoms with Crippen molar-refractivity contribution in [1.82, 2.24) is 4.98 Å². The first-order chi connectivity index (χ1) is 7.20. The molecule has 2 heterocycles. The molecule has 2 unspecified atom stereocenters. The third kappa shape index (κ3) is 2.20. The van der Waals surface area contributed by atoms with Gasteiger partial charge in [0.2, 0.25) is 0 Å². The van der Waals surface area contributed by atoms with E-state index in [9.17, 15) is 4.79 Å². The van der Waals surface area contributed by atoms with E-state index in [1.807, 2.05) is 0 Å². The first-order valence-electron chi connectivity index (χ1n) is 5.38. The fourth-order valence-electron chi connectivity index (χ4n) is 2.16. The van der Waals surface area contributed by atoms with E-state index in [2.05, 4.69) is 23.7 Å².